The molecule has 0 aliphatic rings. The van der Waals surface area contributed by atoms with Crippen molar-refractivity contribution in [2.75, 3.05) is 7.05 Å². The summed E-state index contributed by atoms with van der Waals surface area (Å²) in [6.07, 6.45) is 1.84. The van der Waals surface area contributed by atoms with Gasteiger partial charge in [0, 0.05) is 19.2 Å². The number of hydrogen-bond donors (Lipinski definition) is 0. The average Bonchev–Trinajstić information content (AvgIpc) is 2.50. The Bertz CT molecular complexity index is 703. The molecular weight excluding hydrogens is 298 g/mol. The van der Waals surface area contributed by atoms with Crippen LogP contribution in [0, 0.1) is 20.8 Å². The van der Waals surface area contributed by atoms with Crippen molar-refractivity contribution in [1.82, 2.24) is 9.88 Å². The summed E-state index contributed by atoms with van der Waals surface area (Å²) in [4.78, 5) is 11.1. The fourth-order valence-corrected chi connectivity index (χ4v) is 2.34. The van der Waals surface area contributed by atoms with Crippen LogP contribution in [-0.4, -0.2) is 29.3 Å². The Morgan fingerprint density at radius 1 is 1.12 bits per heavy atom. The number of hydrogen-bond acceptors (Lipinski definition) is 3. The first-order valence-electron chi connectivity index (χ1n) is 8.29. The highest BCUT2D eigenvalue weighted by Gasteiger charge is 2.04. The zero-order valence-electron chi connectivity index (χ0n) is 15.5. The predicted octanol–water partition coefficient (Wildman–Crippen LogP) is 4.59. The van der Waals surface area contributed by atoms with Gasteiger partial charge in [-0.05, 0) is 46.2 Å². The molecule has 4 nitrogen and oxygen atoms in total. The van der Waals surface area contributed by atoms with E-state index in [0.717, 1.165) is 16.9 Å². The topological polar surface area (TPSA) is 37.7 Å². The fourth-order valence-electron chi connectivity index (χ4n) is 2.34. The van der Waals surface area contributed by atoms with Gasteiger partial charge in [-0.25, -0.2) is 9.98 Å². The third kappa shape index (κ3) is 5.08. The molecular formula is C20H27N3O. The molecule has 0 fully saturated rings. The minimum atomic E-state index is 0.419. The van der Waals surface area contributed by atoms with E-state index in [1.807, 2.05) is 32.4 Å². The summed E-state index contributed by atoms with van der Waals surface area (Å²) >= 11 is 0. The van der Waals surface area contributed by atoms with Crippen molar-refractivity contribution in [3.05, 3.63) is 52.7 Å². The third-order valence-electron chi connectivity index (χ3n) is 3.89. The summed E-state index contributed by atoms with van der Waals surface area (Å²) in [5.41, 5.74) is 5.38. The molecule has 0 saturated heterocycles. The molecule has 0 atom stereocenters. The van der Waals surface area contributed by atoms with Crippen molar-refractivity contribution in [2.24, 2.45) is 4.99 Å². The zero-order chi connectivity index (χ0) is 17.7. The van der Waals surface area contributed by atoms with Gasteiger partial charge in [-0.1, -0.05) is 29.3 Å². The van der Waals surface area contributed by atoms with Gasteiger partial charge in [0.2, 0.25) is 5.88 Å². The molecule has 1 heterocycles. The molecule has 0 aliphatic heterocycles. The minimum Gasteiger partial charge on any atom is -0.473 e. The lowest BCUT2D eigenvalue weighted by molar-refractivity contribution is 0.293. The Hall–Kier alpha value is -2.36. The number of aryl methyl sites for hydroxylation is 3. The molecule has 128 valence electrons. The van der Waals surface area contributed by atoms with Crippen molar-refractivity contribution >= 4 is 12.0 Å². The van der Waals surface area contributed by atoms with E-state index in [9.17, 15) is 0 Å². The average molecular weight is 325 g/mol. The molecule has 2 rings (SSSR count). The van der Waals surface area contributed by atoms with Crippen molar-refractivity contribution in [3.8, 4) is 5.88 Å². The van der Waals surface area contributed by atoms with Crippen molar-refractivity contribution in [2.45, 2.75) is 47.3 Å². The van der Waals surface area contributed by atoms with Crippen molar-refractivity contribution in [3.63, 3.8) is 0 Å². The first-order chi connectivity index (χ1) is 11.3. The summed E-state index contributed by atoms with van der Waals surface area (Å²) in [5.74, 6) is 0.628. The van der Waals surface area contributed by atoms with Crippen LogP contribution in [0.15, 0.2) is 35.3 Å². The standard InChI is InChI=1S/C20H27N3O/c1-14(2)23(6)13-21-19-7-8-20(22-17(19)5)24-12-18-10-15(3)9-16(4)11-18/h7-11,13-14H,12H2,1-6H3/b21-13+. The number of benzene rings is 1. The molecule has 0 saturated carbocycles. The van der Waals surface area contributed by atoms with Gasteiger partial charge in [0.25, 0.3) is 0 Å². The van der Waals surface area contributed by atoms with E-state index in [4.69, 9.17) is 4.74 Å². The Morgan fingerprint density at radius 3 is 2.38 bits per heavy atom. The maximum Gasteiger partial charge on any atom is 0.213 e. The molecule has 0 bridgehead atoms. The normalized spacial score (nSPS) is 11.3. The number of ether oxygens (including phenoxy) is 1. The van der Waals surface area contributed by atoms with E-state index in [1.54, 1.807) is 0 Å². The maximum atomic E-state index is 5.83. The molecule has 2 aromatic rings. The van der Waals surface area contributed by atoms with Gasteiger partial charge < -0.3 is 9.64 Å². The van der Waals surface area contributed by atoms with Gasteiger partial charge in [-0.3, -0.25) is 0 Å². The summed E-state index contributed by atoms with van der Waals surface area (Å²) in [6.45, 7) is 10.9. The quantitative estimate of drug-likeness (QED) is 0.576. The van der Waals surface area contributed by atoms with E-state index in [0.29, 0.717) is 18.5 Å². The molecule has 1 aromatic carbocycles. The van der Waals surface area contributed by atoms with E-state index < -0.39 is 0 Å². The van der Waals surface area contributed by atoms with Crippen LogP contribution in [0.2, 0.25) is 0 Å². The van der Waals surface area contributed by atoms with E-state index in [-0.39, 0.29) is 0 Å². The van der Waals surface area contributed by atoms with Crippen LogP contribution in [0.1, 0.15) is 36.2 Å². The Kier molecular flexibility index (Phi) is 5.96. The van der Waals surface area contributed by atoms with Gasteiger partial charge in [0.1, 0.15) is 6.61 Å². The molecule has 0 radical (unpaired) electrons. The molecule has 0 aliphatic carbocycles. The maximum absolute atomic E-state index is 5.83. The second-order valence-electron chi connectivity index (χ2n) is 6.54. The smallest absolute Gasteiger partial charge is 0.213 e. The van der Waals surface area contributed by atoms with Crippen LogP contribution >= 0.6 is 0 Å². The second-order valence-corrected chi connectivity index (χ2v) is 6.54. The van der Waals surface area contributed by atoms with E-state index in [2.05, 4.69) is 60.8 Å². The van der Waals surface area contributed by atoms with E-state index >= 15 is 0 Å². The number of nitrogens with zero attached hydrogens (tertiary/aromatic N) is 3. The fraction of sp³-hybridized carbons (Fsp3) is 0.400. The molecule has 0 amide bonds. The lowest BCUT2D eigenvalue weighted by atomic mass is 10.1. The second kappa shape index (κ2) is 7.95. The lowest BCUT2D eigenvalue weighted by Crippen LogP contribution is -2.24. The molecule has 24 heavy (non-hydrogen) atoms. The number of rotatable bonds is 6. The first-order valence-corrected chi connectivity index (χ1v) is 8.29. The highest BCUT2D eigenvalue weighted by Crippen LogP contribution is 2.21. The molecule has 4 heteroatoms. The summed E-state index contributed by atoms with van der Waals surface area (Å²) in [5, 5.41) is 0. The van der Waals surface area contributed by atoms with Crippen LogP contribution in [0.25, 0.3) is 0 Å². The molecule has 0 N–H and O–H groups in total. The van der Waals surface area contributed by atoms with Gasteiger partial charge in [-0.2, -0.15) is 0 Å². The van der Waals surface area contributed by atoms with Gasteiger partial charge in [-0.15, -0.1) is 0 Å². The molecule has 1 aromatic heterocycles. The number of pyridine rings is 1. The SMILES string of the molecule is Cc1cc(C)cc(COc2ccc(/N=C/N(C)C(C)C)c(C)n2)c1. The van der Waals surface area contributed by atoms with Crippen LogP contribution in [0.4, 0.5) is 5.69 Å². The summed E-state index contributed by atoms with van der Waals surface area (Å²) in [7, 11) is 2.01. The number of aromatic nitrogens is 1. The largest absolute Gasteiger partial charge is 0.473 e. The minimum absolute atomic E-state index is 0.419. The Labute approximate surface area is 145 Å². The van der Waals surface area contributed by atoms with Crippen LogP contribution in [0.5, 0.6) is 5.88 Å². The zero-order valence-corrected chi connectivity index (χ0v) is 15.5. The Morgan fingerprint density at radius 2 is 1.79 bits per heavy atom. The number of aliphatic imine (C=N–C) groups is 1. The lowest BCUT2D eigenvalue weighted by Gasteiger charge is -2.17. The highest BCUT2D eigenvalue weighted by molar-refractivity contribution is 5.62. The summed E-state index contributed by atoms with van der Waals surface area (Å²) < 4.78 is 5.83. The van der Waals surface area contributed by atoms with Gasteiger partial charge in [0.15, 0.2) is 0 Å². The summed E-state index contributed by atoms with van der Waals surface area (Å²) in [6, 6.07) is 10.7. The van der Waals surface area contributed by atoms with Crippen LogP contribution < -0.4 is 4.74 Å². The monoisotopic (exact) mass is 325 g/mol. The first kappa shape index (κ1) is 18.0. The van der Waals surface area contributed by atoms with Crippen molar-refractivity contribution in [1.29, 1.82) is 0 Å². The Balaban J connectivity index is 2.04. The molecule has 0 unspecified atom stereocenters. The van der Waals surface area contributed by atoms with E-state index in [1.165, 1.54) is 11.1 Å². The van der Waals surface area contributed by atoms with Crippen LogP contribution in [0.3, 0.4) is 0 Å². The molecule has 0 spiro atoms. The van der Waals surface area contributed by atoms with Crippen LogP contribution in [-0.2, 0) is 6.61 Å². The highest BCUT2D eigenvalue weighted by atomic mass is 16.5. The third-order valence-corrected chi connectivity index (χ3v) is 3.89. The van der Waals surface area contributed by atoms with Gasteiger partial charge >= 0.3 is 0 Å². The van der Waals surface area contributed by atoms with Gasteiger partial charge in [0.05, 0.1) is 17.7 Å². The predicted molar refractivity (Wildman–Crippen MR) is 100 cm³/mol. The van der Waals surface area contributed by atoms with Crippen molar-refractivity contribution < 1.29 is 4.74 Å².